The lowest BCUT2D eigenvalue weighted by Gasteiger charge is -2.07. The summed E-state index contributed by atoms with van der Waals surface area (Å²) in [6, 6.07) is 6.21. The predicted octanol–water partition coefficient (Wildman–Crippen LogP) is 2.44. The molecule has 1 fully saturated rings. The molecule has 3 N–H and O–H groups in total. The van der Waals surface area contributed by atoms with Crippen LogP contribution < -0.4 is 11.1 Å². The number of nitrogens with two attached hydrogens (primary N) is 1. The van der Waals surface area contributed by atoms with Crippen LogP contribution in [0.15, 0.2) is 23.2 Å². The van der Waals surface area contributed by atoms with Crippen LogP contribution in [0.2, 0.25) is 0 Å². The second-order valence-corrected chi connectivity index (χ2v) is 4.59. The van der Waals surface area contributed by atoms with Gasteiger partial charge in [-0.1, -0.05) is 6.07 Å². The van der Waals surface area contributed by atoms with Gasteiger partial charge < -0.3 is 11.1 Å². The van der Waals surface area contributed by atoms with E-state index in [4.69, 9.17) is 5.73 Å². The zero-order valence-corrected chi connectivity index (χ0v) is 9.96. The molecule has 1 aliphatic carbocycles. The first-order valence-electron chi connectivity index (χ1n) is 5.79. The van der Waals surface area contributed by atoms with Gasteiger partial charge in [0.15, 0.2) is 5.96 Å². The van der Waals surface area contributed by atoms with E-state index in [9.17, 15) is 0 Å². The molecule has 1 saturated carbocycles. The van der Waals surface area contributed by atoms with Crippen LogP contribution >= 0.6 is 0 Å². The summed E-state index contributed by atoms with van der Waals surface area (Å²) >= 11 is 0. The summed E-state index contributed by atoms with van der Waals surface area (Å²) in [7, 11) is 0. The molecule has 0 aromatic heterocycles. The van der Waals surface area contributed by atoms with Gasteiger partial charge in [-0.25, -0.2) is 0 Å². The Hall–Kier alpha value is -1.51. The van der Waals surface area contributed by atoms with Gasteiger partial charge in [0.25, 0.3) is 0 Å². The smallest absolute Gasteiger partial charge is 0.193 e. The second-order valence-electron chi connectivity index (χ2n) is 4.59. The van der Waals surface area contributed by atoms with Crippen LogP contribution in [0, 0.1) is 19.8 Å². The first-order valence-corrected chi connectivity index (χ1v) is 5.79. The molecule has 1 aromatic rings. The van der Waals surface area contributed by atoms with Gasteiger partial charge in [0, 0.05) is 12.2 Å². The molecule has 2 rings (SSSR count). The zero-order chi connectivity index (χ0) is 11.5. The van der Waals surface area contributed by atoms with Gasteiger partial charge >= 0.3 is 0 Å². The number of anilines is 1. The molecular weight excluding hydrogens is 198 g/mol. The topological polar surface area (TPSA) is 50.4 Å². The molecule has 0 heterocycles. The molecule has 0 amide bonds. The van der Waals surface area contributed by atoms with Crippen LogP contribution in [0.3, 0.4) is 0 Å². The van der Waals surface area contributed by atoms with Crippen molar-refractivity contribution in [1.82, 2.24) is 0 Å². The molecule has 3 heteroatoms. The normalized spacial score (nSPS) is 16.2. The lowest BCUT2D eigenvalue weighted by Crippen LogP contribution is -2.23. The van der Waals surface area contributed by atoms with Crippen LogP contribution in [0.4, 0.5) is 5.69 Å². The Balaban J connectivity index is 1.96. The van der Waals surface area contributed by atoms with Crippen molar-refractivity contribution in [3.05, 3.63) is 29.3 Å². The van der Waals surface area contributed by atoms with Crippen LogP contribution in [0.25, 0.3) is 0 Å². The molecule has 0 unspecified atom stereocenters. The van der Waals surface area contributed by atoms with Gasteiger partial charge in [-0.2, -0.15) is 0 Å². The van der Waals surface area contributed by atoms with Gasteiger partial charge in [-0.15, -0.1) is 0 Å². The minimum absolute atomic E-state index is 0.523. The van der Waals surface area contributed by atoms with Crippen molar-refractivity contribution in [2.24, 2.45) is 16.6 Å². The van der Waals surface area contributed by atoms with Crippen molar-refractivity contribution in [2.45, 2.75) is 26.7 Å². The van der Waals surface area contributed by atoms with E-state index >= 15 is 0 Å². The minimum atomic E-state index is 0.523. The quantitative estimate of drug-likeness (QED) is 0.603. The fraction of sp³-hybridized carbons (Fsp3) is 0.462. The summed E-state index contributed by atoms with van der Waals surface area (Å²) in [6.45, 7) is 5.06. The zero-order valence-electron chi connectivity index (χ0n) is 9.96. The van der Waals surface area contributed by atoms with Crippen LogP contribution in [0.1, 0.15) is 24.0 Å². The third-order valence-electron chi connectivity index (χ3n) is 3.00. The maximum atomic E-state index is 5.81. The SMILES string of the molecule is Cc1ccc(NC(N)=NCC2CC2)cc1C. The molecule has 0 atom stereocenters. The summed E-state index contributed by atoms with van der Waals surface area (Å²) in [6.07, 6.45) is 2.61. The first-order chi connectivity index (χ1) is 7.65. The number of guanidine groups is 1. The molecule has 0 bridgehead atoms. The largest absolute Gasteiger partial charge is 0.370 e. The van der Waals surface area contributed by atoms with Gasteiger partial charge in [-0.3, -0.25) is 4.99 Å². The van der Waals surface area contributed by atoms with Crippen molar-refractivity contribution < 1.29 is 0 Å². The van der Waals surface area contributed by atoms with Gasteiger partial charge in [-0.05, 0) is 55.9 Å². The van der Waals surface area contributed by atoms with Crippen molar-refractivity contribution >= 4 is 11.6 Å². The Morgan fingerprint density at radius 3 is 2.75 bits per heavy atom. The number of rotatable bonds is 3. The monoisotopic (exact) mass is 217 g/mol. The molecule has 0 aliphatic heterocycles. The predicted molar refractivity (Wildman–Crippen MR) is 68.8 cm³/mol. The fourth-order valence-electron chi connectivity index (χ4n) is 1.53. The number of hydrogen-bond donors (Lipinski definition) is 2. The molecule has 0 radical (unpaired) electrons. The summed E-state index contributed by atoms with van der Waals surface area (Å²) in [5.41, 5.74) is 9.38. The maximum Gasteiger partial charge on any atom is 0.193 e. The third-order valence-corrected chi connectivity index (χ3v) is 3.00. The standard InChI is InChI=1S/C13H19N3/c1-9-3-6-12(7-10(9)2)16-13(14)15-8-11-4-5-11/h3,6-7,11H,4-5,8H2,1-2H3,(H3,14,15,16). The van der Waals surface area contributed by atoms with Crippen LogP contribution in [-0.2, 0) is 0 Å². The maximum absolute atomic E-state index is 5.81. The van der Waals surface area contributed by atoms with E-state index in [0.29, 0.717) is 5.96 Å². The van der Waals surface area contributed by atoms with E-state index in [1.54, 1.807) is 0 Å². The van der Waals surface area contributed by atoms with Crippen molar-refractivity contribution in [2.75, 3.05) is 11.9 Å². The van der Waals surface area contributed by atoms with Gasteiger partial charge in [0.1, 0.15) is 0 Å². The molecule has 0 saturated heterocycles. The third kappa shape index (κ3) is 2.99. The Morgan fingerprint density at radius 1 is 1.38 bits per heavy atom. The first kappa shape index (κ1) is 11.0. The van der Waals surface area contributed by atoms with Crippen molar-refractivity contribution in [1.29, 1.82) is 0 Å². The van der Waals surface area contributed by atoms with Crippen molar-refractivity contribution in [3.8, 4) is 0 Å². The lowest BCUT2D eigenvalue weighted by atomic mass is 10.1. The molecule has 3 nitrogen and oxygen atoms in total. The Morgan fingerprint density at radius 2 is 2.12 bits per heavy atom. The lowest BCUT2D eigenvalue weighted by molar-refractivity contribution is 0.846. The van der Waals surface area contributed by atoms with Gasteiger partial charge in [0.05, 0.1) is 0 Å². The van der Waals surface area contributed by atoms with Crippen molar-refractivity contribution in [3.63, 3.8) is 0 Å². The average molecular weight is 217 g/mol. The van der Waals surface area contributed by atoms with E-state index < -0.39 is 0 Å². The van der Waals surface area contributed by atoms with E-state index in [2.05, 4.69) is 36.3 Å². The molecule has 0 spiro atoms. The number of nitrogens with one attached hydrogen (secondary N) is 1. The molecule has 86 valence electrons. The molecule has 1 aromatic carbocycles. The van der Waals surface area contributed by atoms with E-state index in [0.717, 1.165) is 18.2 Å². The molecular formula is C13H19N3. The summed E-state index contributed by atoms with van der Waals surface area (Å²) in [5.74, 6) is 1.30. The highest BCUT2D eigenvalue weighted by Gasteiger charge is 2.20. The van der Waals surface area contributed by atoms with E-state index in [1.165, 1.54) is 24.0 Å². The Bertz CT molecular complexity index is 406. The Labute approximate surface area is 96.8 Å². The van der Waals surface area contributed by atoms with Crippen LogP contribution in [0.5, 0.6) is 0 Å². The Kier molecular flexibility index (Phi) is 3.13. The molecule has 1 aliphatic rings. The highest BCUT2D eigenvalue weighted by molar-refractivity contribution is 5.92. The van der Waals surface area contributed by atoms with Gasteiger partial charge in [0.2, 0.25) is 0 Å². The highest BCUT2D eigenvalue weighted by Crippen LogP contribution is 2.28. The number of nitrogens with zero attached hydrogens (tertiary/aromatic N) is 1. The minimum Gasteiger partial charge on any atom is -0.370 e. The molecule has 16 heavy (non-hydrogen) atoms. The summed E-state index contributed by atoms with van der Waals surface area (Å²) in [4.78, 5) is 4.32. The fourth-order valence-corrected chi connectivity index (χ4v) is 1.53. The summed E-state index contributed by atoms with van der Waals surface area (Å²) < 4.78 is 0. The number of aliphatic imine (C=N–C) groups is 1. The number of aryl methyl sites for hydroxylation is 2. The van der Waals surface area contributed by atoms with E-state index in [-0.39, 0.29) is 0 Å². The average Bonchev–Trinajstić information content (AvgIpc) is 3.04. The van der Waals surface area contributed by atoms with E-state index in [1.807, 2.05) is 6.07 Å². The van der Waals surface area contributed by atoms with Crippen LogP contribution in [-0.4, -0.2) is 12.5 Å². The second kappa shape index (κ2) is 4.56. The summed E-state index contributed by atoms with van der Waals surface area (Å²) in [5, 5.41) is 3.12. The number of hydrogen-bond acceptors (Lipinski definition) is 1. The number of benzene rings is 1. The highest BCUT2D eigenvalue weighted by atomic mass is 15.1.